The number of fused-ring (bicyclic) bond motifs is 1. The van der Waals surface area contributed by atoms with Crippen LogP contribution in [0, 0.1) is 0 Å². The molecule has 2 aliphatic heterocycles. The van der Waals surface area contributed by atoms with Crippen molar-refractivity contribution < 1.29 is 4.79 Å². The number of nitrogens with zero attached hydrogens (tertiary/aromatic N) is 4. The van der Waals surface area contributed by atoms with Crippen molar-refractivity contribution >= 4 is 39.8 Å². The molecule has 1 amide bonds. The zero-order valence-corrected chi connectivity index (χ0v) is 20.3. The number of rotatable bonds is 7. The number of hydrogen-bond acceptors (Lipinski definition) is 5. The monoisotopic (exact) mass is 477 g/mol. The van der Waals surface area contributed by atoms with Crippen LogP contribution in [-0.4, -0.2) is 68.1 Å². The molecule has 0 aliphatic carbocycles. The molecule has 6 nitrogen and oxygen atoms in total. The van der Waals surface area contributed by atoms with E-state index >= 15 is 0 Å². The quantitative estimate of drug-likeness (QED) is 0.510. The predicted octanol–water partition coefficient (Wildman–Crippen LogP) is 4.43. The fraction of sp³-hybridized carbons (Fsp3) is 0.407. The predicted molar refractivity (Wildman–Crippen MR) is 140 cm³/mol. The summed E-state index contributed by atoms with van der Waals surface area (Å²) in [5.41, 5.74) is 1.89. The van der Waals surface area contributed by atoms with Gasteiger partial charge in [-0.3, -0.25) is 4.79 Å². The summed E-state index contributed by atoms with van der Waals surface area (Å²) in [6, 6.07) is 16.0. The summed E-state index contributed by atoms with van der Waals surface area (Å²) in [4.78, 5) is 24.7. The number of carbonyl (C=O) groups is 1. The van der Waals surface area contributed by atoms with Gasteiger partial charge in [-0.15, -0.1) is 0 Å². The van der Waals surface area contributed by atoms with Crippen LogP contribution in [0.3, 0.4) is 0 Å². The number of carbonyl (C=O) groups excluding carboxylic acids is 1. The molecule has 1 aromatic heterocycles. The van der Waals surface area contributed by atoms with Gasteiger partial charge in [-0.05, 0) is 86.7 Å². The van der Waals surface area contributed by atoms with Gasteiger partial charge < -0.3 is 20.0 Å². The van der Waals surface area contributed by atoms with Crippen molar-refractivity contribution in [2.24, 2.45) is 0 Å². The van der Waals surface area contributed by atoms with Crippen LogP contribution in [0.5, 0.6) is 0 Å². The molecule has 7 heteroatoms. The van der Waals surface area contributed by atoms with Gasteiger partial charge in [-0.25, -0.2) is 4.98 Å². The molecule has 2 fully saturated rings. The Kier molecular flexibility index (Phi) is 7.16. The summed E-state index contributed by atoms with van der Waals surface area (Å²) in [6.45, 7) is 7.75. The van der Waals surface area contributed by atoms with Crippen LogP contribution in [0.1, 0.15) is 29.6 Å². The minimum absolute atomic E-state index is 0.00863. The van der Waals surface area contributed by atoms with Crippen LogP contribution < -0.4 is 15.1 Å². The second-order valence-electron chi connectivity index (χ2n) is 9.18. The largest absolute Gasteiger partial charge is 0.368 e. The summed E-state index contributed by atoms with van der Waals surface area (Å²) in [5, 5.41) is 6.00. The van der Waals surface area contributed by atoms with E-state index in [1.807, 2.05) is 42.6 Å². The first-order valence-corrected chi connectivity index (χ1v) is 12.7. The molecule has 1 N–H and O–H groups in total. The Morgan fingerprint density at radius 3 is 2.41 bits per heavy atom. The number of likely N-dealkylation sites (tertiary alicyclic amines) is 1. The average molecular weight is 478 g/mol. The molecule has 34 heavy (non-hydrogen) atoms. The highest BCUT2D eigenvalue weighted by molar-refractivity contribution is 6.30. The smallest absolute Gasteiger partial charge is 0.251 e. The first-order valence-electron chi connectivity index (χ1n) is 12.3. The Morgan fingerprint density at radius 2 is 1.65 bits per heavy atom. The van der Waals surface area contributed by atoms with Crippen molar-refractivity contribution in [1.82, 2.24) is 15.2 Å². The summed E-state index contributed by atoms with van der Waals surface area (Å²) in [7, 11) is 0. The maximum absolute atomic E-state index is 12.8. The fourth-order valence-electron chi connectivity index (χ4n) is 4.99. The highest BCUT2D eigenvalue weighted by Gasteiger charge is 2.20. The summed E-state index contributed by atoms with van der Waals surface area (Å²) in [5.74, 6) is 0.947. The number of halogens is 1. The minimum atomic E-state index is -0.00863. The van der Waals surface area contributed by atoms with Crippen molar-refractivity contribution in [1.29, 1.82) is 0 Å². The summed E-state index contributed by atoms with van der Waals surface area (Å²) >= 11 is 6.04. The lowest BCUT2D eigenvalue weighted by atomic mass is 10.1. The zero-order valence-electron chi connectivity index (χ0n) is 19.5. The van der Waals surface area contributed by atoms with Crippen LogP contribution >= 0.6 is 11.6 Å². The number of aromatic nitrogens is 1. The third-order valence-electron chi connectivity index (χ3n) is 6.91. The number of hydrogen-bond donors (Lipinski definition) is 1. The van der Waals surface area contributed by atoms with E-state index in [9.17, 15) is 4.79 Å². The van der Waals surface area contributed by atoms with E-state index in [-0.39, 0.29) is 5.91 Å². The average Bonchev–Trinajstić information content (AvgIpc) is 3.40. The molecule has 0 atom stereocenters. The van der Waals surface area contributed by atoms with E-state index in [1.165, 1.54) is 31.6 Å². The van der Waals surface area contributed by atoms with E-state index in [0.29, 0.717) is 12.1 Å². The molecular formula is C27H32ClN5O. The van der Waals surface area contributed by atoms with Crippen molar-refractivity contribution in [3.63, 3.8) is 0 Å². The molecule has 3 heterocycles. The van der Waals surface area contributed by atoms with Gasteiger partial charge in [0.25, 0.3) is 5.91 Å². The van der Waals surface area contributed by atoms with Gasteiger partial charge >= 0.3 is 0 Å². The van der Waals surface area contributed by atoms with Crippen LogP contribution in [0.2, 0.25) is 5.02 Å². The third kappa shape index (κ3) is 5.29. The summed E-state index contributed by atoms with van der Waals surface area (Å²) < 4.78 is 0. The third-order valence-corrected chi connectivity index (χ3v) is 7.17. The van der Waals surface area contributed by atoms with Crippen LogP contribution in [0.25, 0.3) is 10.8 Å². The Labute approximate surface area is 206 Å². The van der Waals surface area contributed by atoms with Gasteiger partial charge in [-0.1, -0.05) is 17.7 Å². The maximum atomic E-state index is 12.8. The molecule has 2 aromatic carbocycles. The van der Waals surface area contributed by atoms with E-state index in [4.69, 9.17) is 16.6 Å². The molecule has 0 unspecified atom stereocenters. The number of benzene rings is 2. The van der Waals surface area contributed by atoms with Crippen LogP contribution in [0.15, 0.2) is 54.7 Å². The number of piperazine rings is 1. The maximum Gasteiger partial charge on any atom is 0.251 e. The number of nitrogens with one attached hydrogen (secondary N) is 1. The molecule has 2 saturated heterocycles. The standard InChI is InChI=1S/C27H32ClN5O/c28-23-6-8-24(9-7-23)32-16-18-33(19-17-32)26-25-20-22(5-4-21(25)10-12-29-26)27(34)30-11-3-15-31-13-1-2-14-31/h4-10,12,20H,1-3,11,13-19H2,(H,30,34). The van der Waals surface area contributed by atoms with Crippen LogP contribution in [-0.2, 0) is 0 Å². The van der Waals surface area contributed by atoms with E-state index < -0.39 is 0 Å². The molecule has 0 spiro atoms. The number of pyridine rings is 1. The van der Waals surface area contributed by atoms with Crippen molar-refractivity contribution in [2.45, 2.75) is 19.3 Å². The molecule has 0 saturated carbocycles. The Morgan fingerprint density at radius 1 is 0.912 bits per heavy atom. The van der Waals surface area contributed by atoms with Gasteiger partial charge in [0.05, 0.1) is 0 Å². The highest BCUT2D eigenvalue weighted by atomic mass is 35.5. The molecule has 178 valence electrons. The lowest BCUT2D eigenvalue weighted by Crippen LogP contribution is -2.46. The highest BCUT2D eigenvalue weighted by Crippen LogP contribution is 2.28. The SMILES string of the molecule is O=C(NCCCN1CCCC1)c1ccc2ccnc(N3CCN(c4ccc(Cl)cc4)CC3)c2c1. The molecule has 2 aliphatic rings. The summed E-state index contributed by atoms with van der Waals surface area (Å²) in [6.07, 6.45) is 5.46. The fourth-order valence-corrected chi connectivity index (χ4v) is 5.11. The van der Waals surface area contributed by atoms with E-state index in [2.05, 4.69) is 32.1 Å². The van der Waals surface area contributed by atoms with Gasteiger partial charge in [-0.2, -0.15) is 0 Å². The molecule has 0 radical (unpaired) electrons. The first-order chi connectivity index (χ1) is 16.7. The molecular weight excluding hydrogens is 446 g/mol. The van der Waals surface area contributed by atoms with E-state index in [0.717, 1.165) is 60.8 Å². The Bertz CT molecular complexity index is 1120. The van der Waals surface area contributed by atoms with Crippen molar-refractivity contribution in [2.75, 3.05) is 62.2 Å². The number of amides is 1. The first kappa shape index (κ1) is 22.9. The topological polar surface area (TPSA) is 51.7 Å². The Balaban J connectivity index is 1.23. The van der Waals surface area contributed by atoms with Crippen LogP contribution in [0.4, 0.5) is 11.5 Å². The molecule has 5 rings (SSSR count). The molecule has 0 bridgehead atoms. The van der Waals surface area contributed by atoms with Gasteiger partial charge in [0.2, 0.25) is 0 Å². The lowest BCUT2D eigenvalue weighted by molar-refractivity contribution is 0.0952. The van der Waals surface area contributed by atoms with E-state index in [1.54, 1.807) is 0 Å². The minimum Gasteiger partial charge on any atom is -0.368 e. The lowest BCUT2D eigenvalue weighted by Gasteiger charge is -2.37. The van der Waals surface area contributed by atoms with Crippen molar-refractivity contribution in [3.8, 4) is 0 Å². The van der Waals surface area contributed by atoms with Crippen molar-refractivity contribution in [3.05, 3.63) is 65.3 Å². The normalized spacial score (nSPS) is 16.9. The Hall–Kier alpha value is -2.83. The number of anilines is 2. The molecule has 3 aromatic rings. The zero-order chi connectivity index (χ0) is 23.3. The van der Waals surface area contributed by atoms with Gasteiger partial charge in [0.1, 0.15) is 5.82 Å². The van der Waals surface area contributed by atoms with Gasteiger partial charge in [0, 0.05) is 60.6 Å². The second-order valence-corrected chi connectivity index (χ2v) is 9.62. The van der Waals surface area contributed by atoms with Gasteiger partial charge in [0.15, 0.2) is 0 Å². The second kappa shape index (κ2) is 10.6.